The molecule has 3 saturated heterocycles. The summed E-state index contributed by atoms with van der Waals surface area (Å²) < 4.78 is 29.2. The normalized spacial score (nSPS) is 49.5. The van der Waals surface area contributed by atoms with Gasteiger partial charge in [-0.2, -0.15) is 0 Å². The highest BCUT2D eigenvalue weighted by molar-refractivity contribution is 14.1. The molecular weight excluding hydrogens is 351 g/mol. The van der Waals surface area contributed by atoms with Gasteiger partial charge in [-0.25, -0.2) is 0 Å². The smallest absolute Gasteiger partial charge is 0.188 e. The second-order valence-corrected chi connectivity index (χ2v) is 7.32. The van der Waals surface area contributed by atoms with Crippen molar-refractivity contribution in [2.24, 2.45) is 0 Å². The fourth-order valence-corrected chi connectivity index (χ4v) is 3.78. The van der Waals surface area contributed by atoms with Crippen molar-refractivity contribution in [3.8, 4) is 0 Å². The van der Waals surface area contributed by atoms with Crippen LogP contribution in [0.4, 0.5) is 0 Å². The fourth-order valence-electron chi connectivity index (χ4n) is 2.67. The minimum Gasteiger partial charge on any atom is -0.348 e. The number of fused-ring (bicyclic) bond motifs is 1. The van der Waals surface area contributed by atoms with Crippen molar-refractivity contribution in [3.63, 3.8) is 0 Å². The van der Waals surface area contributed by atoms with E-state index < -0.39 is 11.6 Å². The molecule has 0 aromatic carbocycles. The van der Waals surface area contributed by atoms with Crippen molar-refractivity contribution in [1.29, 1.82) is 0 Å². The van der Waals surface area contributed by atoms with Crippen LogP contribution in [0.2, 0.25) is 0 Å². The van der Waals surface area contributed by atoms with Gasteiger partial charge >= 0.3 is 0 Å². The summed E-state index contributed by atoms with van der Waals surface area (Å²) in [7, 11) is 0. The van der Waals surface area contributed by atoms with Crippen LogP contribution in [0.3, 0.4) is 0 Å². The third kappa shape index (κ3) is 2.31. The van der Waals surface area contributed by atoms with Gasteiger partial charge in [0, 0.05) is 0 Å². The van der Waals surface area contributed by atoms with Crippen LogP contribution in [0.25, 0.3) is 0 Å². The molecule has 5 atom stereocenters. The summed E-state index contributed by atoms with van der Waals surface area (Å²) in [5.74, 6) is -1.08. The molecule has 0 N–H and O–H groups in total. The molecule has 3 rings (SSSR count). The third-order valence-electron chi connectivity index (χ3n) is 3.40. The van der Waals surface area contributed by atoms with E-state index in [1.165, 1.54) is 0 Å². The van der Waals surface area contributed by atoms with Crippen LogP contribution in [0, 0.1) is 0 Å². The van der Waals surface area contributed by atoms with Gasteiger partial charge in [0.25, 0.3) is 0 Å². The number of ether oxygens (including phenoxy) is 5. The van der Waals surface area contributed by atoms with Crippen LogP contribution in [-0.2, 0) is 23.7 Å². The van der Waals surface area contributed by atoms with E-state index in [0.717, 1.165) is 0 Å². The summed E-state index contributed by atoms with van der Waals surface area (Å²) in [6, 6.07) is 0. The van der Waals surface area contributed by atoms with Gasteiger partial charge in [-0.3, -0.25) is 0 Å². The lowest BCUT2D eigenvalue weighted by Crippen LogP contribution is -2.39. The van der Waals surface area contributed by atoms with Crippen molar-refractivity contribution >= 4 is 22.6 Å². The Bertz CT molecular complexity index is 345. The van der Waals surface area contributed by atoms with Gasteiger partial charge in [0.05, 0.1) is 10.5 Å². The molecule has 5 nitrogen and oxygen atoms in total. The second-order valence-electron chi connectivity index (χ2n) is 5.88. The van der Waals surface area contributed by atoms with Crippen LogP contribution < -0.4 is 0 Å². The Hall–Kier alpha value is 0.530. The van der Waals surface area contributed by atoms with Crippen molar-refractivity contribution in [2.45, 2.75) is 67.8 Å². The molecule has 0 amide bonds. The van der Waals surface area contributed by atoms with E-state index in [1.807, 2.05) is 27.7 Å². The van der Waals surface area contributed by atoms with Crippen LogP contribution >= 0.6 is 22.6 Å². The molecule has 3 fully saturated rings. The maximum absolute atomic E-state index is 5.95. The molecule has 0 spiro atoms. The molecule has 6 heteroatoms. The molecule has 18 heavy (non-hydrogen) atoms. The Labute approximate surface area is 121 Å². The summed E-state index contributed by atoms with van der Waals surface area (Å²) in [4.78, 5) is 0. The predicted octanol–water partition coefficient (Wildman–Crippen LogP) is 1.82. The van der Waals surface area contributed by atoms with Gasteiger partial charge in [-0.05, 0) is 27.7 Å². The van der Waals surface area contributed by atoms with Crippen LogP contribution in [0.15, 0.2) is 0 Å². The van der Waals surface area contributed by atoms with Gasteiger partial charge in [0.1, 0.15) is 18.3 Å². The van der Waals surface area contributed by atoms with Crippen LogP contribution in [0.5, 0.6) is 0 Å². The zero-order valence-electron chi connectivity index (χ0n) is 11.0. The lowest BCUT2D eigenvalue weighted by Gasteiger charge is -2.26. The van der Waals surface area contributed by atoms with E-state index in [0.29, 0.717) is 6.61 Å². The van der Waals surface area contributed by atoms with E-state index in [9.17, 15) is 0 Å². The lowest BCUT2D eigenvalue weighted by molar-refractivity contribution is -0.219. The largest absolute Gasteiger partial charge is 0.348 e. The van der Waals surface area contributed by atoms with Gasteiger partial charge in [-0.15, -0.1) is 0 Å². The molecule has 3 aliphatic rings. The second kappa shape index (κ2) is 4.26. The Kier molecular flexibility index (Phi) is 3.20. The number of hydrogen-bond donors (Lipinski definition) is 0. The molecule has 3 aliphatic heterocycles. The number of alkyl halides is 1. The topological polar surface area (TPSA) is 46.2 Å². The predicted molar refractivity (Wildman–Crippen MR) is 71.4 cm³/mol. The van der Waals surface area contributed by atoms with Crippen LogP contribution in [-0.4, -0.2) is 46.7 Å². The van der Waals surface area contributed by atoms with E-state index in [2.05, 4.69) is 22.6 Å². The van der Waals surface area contributed by atoms with Gasteiger partial charge in [0.15, 0.2) is 17.9 Å². The summed E-state index contributed by atoms with van der Waals surface area (Å²) in [6.07, 6.45) is -0.418. The van der Waals surface area contributed by atoms with E-state index in [1.54, 1.807) is 0 Å². The molecule has 0 aliphatic carbocycles. The first-order chi connectivity index (χ1) is 8.27. The van der Waals surface area contributed by atoms with Crippen molar-refractivity contribution in [2.75, 3.05) is 6.61 Å². The SMILES string of the molecule is CC1(C)OCC([C@H]2O[C@@H]3OC(C)(C)O[C@@H]3[C@H]2I)O1. The Morgan fingerprint density at radius 3 is 2.22 bits per heavy atom. The molecule has 0 aromatic rings. The lowest BCUT2D eigenvalue weighted by atomic mass is 10.1. The third-order valence-corrected chi connectivity index (χ3v) is 4.82. The summed E-state index contributed by atoms with van der Waals surface area (Å²) in [5.41, 5.74) is 0. The summed E-state index contributed by atoms with van der Waals surface area (Å²) in [6.45, 7) is 8.21. The van der Waals surface area contributed by atoms with Gasteiger partial charge in [-0.1, -0.05) is 22.6 Å². The van der Waals surface area contributed by atoms with E-state index in [4.69, 9.17) is 23.7 Å². The van der Waals surface area contributed by atoms with Gasteiger partial charge in [0.2, 0.25) is 0 Å². The molecule has 1 unspecified atom stereocenters. The maximum Gasteiger partial charge on any atom is 0.188 e. The maximum atomic E-state index is 5.95. The minimum atomic E-state index is -0.559. The molecule has 0 saturated carbocycles. The Morgan fingerprint density at radius 2 is 1.67 bits per heavy atom. The minimum absolute atomic E-state index is 0.0297. The highest BCUT2D eigenvalue weighted by Crippen LogP contribution is 2.43. The van der Waals surface area contributed by atoms with Crippen LogP contribution in [0.1, 0.15) is 27.7 Å². The molecule has 0 radical (unpaired) electrons. The first-order valence-corrected chi connectivity index (χ1v) is 7.49. The fraction of sp³-hybridized carbons (Fsp3) is 1.00. The number of halogens is 1. The number of hydrogen-bond acceptors (Lipinski definition) is 5. The van der Waals surface area contributed by atoms with E-state index in [-0.39, 0.29) is 28.5 Å². The average Bonchev–Trinajstić information content (AvgIpc) is 2.81. The summed E-state index contributed by atoms with van der Waals surface area (Å²) in [5, 5.41) is 0. The van der Waals surface area contributed by atoms with Crippen molar-refractivity contribution in [1.82, 2.24) is 0 Å². The monoisotopic (exact) mass is 370 g/mol. The molecule has 0 bridgehead atoms. The Balaban J connectivity index is 1.68. The zero-order valence-corrected chi connectivity index (χ0v) is 13.2. The highest BCUT2D eigenvalue weighted by atomic mass is 127. The number of rotatable bonds is 1. The molecule has 104 valence electrons. The van der Waals surface area contributed by atoms with E-state index >= 15 is 0 Å². The zero-order chi connectivity index (χ0) is 13.1. The molecule has 3 heterocycles. The van der Waals surface area contributed by atoms with Crippen molar-refractivity contribution in [3.05, 3.63) is 0 Å². The summed E-state index contributed by atoms with van der Waals surface area (Å²) >= 11 is 2.36. The molecule has 0 aromatic heterocycles. The van der Waals surface area contributed by atoms with Crippen molar-refractivity contribution < 1.29 is 23.7 Å². The quantitative estimate of drug-likeness (QED) is 0.521. The standard InChI is InChI=1S/C12H19IO5/c1-11(2)14-5-6(16-11)8-7(13)9-10(15-8)18-12(3,4)17-9/h6-10H,5H2,1-4H3/t6?,7-,8+,9+,10+/m0/s1. The van der Waals surface area contributed by atoms with Gasteiger partial charge < -0.3 is 23.7 Å². The average molecular weight is 370 g/mol. The highest BCUT2D eigenvalue weighted by Gasteiger charge is 2.57. The Morgan fingerprint density at radius 1 is 0.944 bits per heavy atom. The first kappa shape index (κ1) is 13.5. The molecular formula is C12H19IO5. The first-order valence-electron chi connectivity index (χ1n) is 6.24.